The fourth-order valence-electron chi connectivity index (χ4n) is 3.14. The number of rotatable bonds is 5. The van der Waals surface area contributed by atoms with E-state index in [-0.39, 0.29) is 11.8 Å². The molecule has 2 aliphatic carbocycles. The molecule has 0 aliphatic heterocycles. The summed E-state index contributed by atoms with van der Waals surface area (Å²) in [7, 11) is 0. The van der Waals surface area contributed by atoms with Gasteiger partial charge < -0.3 is 10.4 Å². The van der Waals surface area contributed by atoms with Crippen molar-refractivity contribution in [1.82, 2.24) is 5.32 Å². The van der Waals surface area contributed by atoms with E-state index in [0.717, 1.165) is 19.3 Å². The Morgan fingerprint density at radius 3 is 2.35 bits per heavy atom. The summed E-state index contributed by atoms with van der Waals surface area (Å²) in [5, 5.41) is 11.7. The van der Waals surface area contributed by atoms with Crippen LogP contribution in [-0.4, -0.2) is 23.5 Å². The van der Waals surface area contributed by atoms with Crippen molar-refractivity contribution in [3.8, 4) is 0 Å². The van der Waals surface area contributed by atoms with Crippen LogP contribution in [0, 0.1) is 17.8 Å². The molecule has 0 radical (unpaired) electrons. The Hall–Kier alpha value is -1.84. The highest BCUT2D eigenvalue weighted by Gasteiger charge is 2.48. The summed E-state index contributed by atoms with van der Waals surface area (Å²) in [5.41, 5.74) is 2.86. The first-order chi connectivity index (χ1) is 9.65. The molecule has 4 nitrogen and oxygen atoms in total. The zero-order chi connectivity index (χ0) is 14.1. The molecule has 1 aromatic rings. The smallest absolute Gasteiger partial charge is 0.307 e. The third-order valence-electron chi connectivity index (χ3n) is 4.43. The van der Waals surface area contributed by atoms with Crippen molar-refractivity contribution in [3.63, 3.8) is 0 Å². The number of fused-ring (bicyclic) bond motifs is 1. The quantitative estimate of drug-likeness (QED) is 0.857. The van der Waals surface area contributed by atoms with Gasteiger partial charge in [0.2, 0.25) is 5.91 Å². The Kier molecular flexibility index (Phi) is 3.47. The van der Waals surface area contributed by atoms with E-state index in [0.29, 0.717) is 18.9 Å². The van der Waals surface area contributed by atoms with E-state index in [1.54, 1.807) is 0 Å². The molecular formula is C16H19NO3. The van der Waals surface area contributed by atoms with Gasteiger partial charge in [-0.3, -0.25) is 9.59 Å². The molecule has 4 heteroatoms. The van der Waals surface area contributed by atoms with Crippen molar-refractivity contribution in [3.05, 3.63) is 35.4 Å². The van der Waals surface area contributed by atoms with Crippen LogP contribution in [0.5, 0.6) is 0 Å². The molecule has 2 aliphatic rings. The number of hydrogen-bond acceptors (Lipinski definition) is 2. The van der Waals surface area contributed by atoms with E-state index in [1.807, 2.05) is 0 Å². The van der Waals surface area contributed by atoms with E-state index in [9.17, 15) is 9.59 Å². The SMILES string of the molecule is O=C(O)[C@@H]1C[C@H]1C(=O)NCCC1Cc2ccccc2C1. The summed E-state index contributed by atoms with van der Waals surface area (Å²) in [5.74, 6) is -1.09. The van der Waals surface area contributed by atoms with E-state index in [1.165, 1.54) is 11.1 Å². The van der Waals surface area contributed by atoms with Gasteiger partial charge in [-0.15, -0.1) is 0 Å². The summed E-state index contributed by atoms with van der Waals surface area (Å²) in [6.45, 7) is 0.653. The van der Waals surface area contributed by atoms with Crippen molar-refractivity contribution in [2.24, 2.45) is 17.8 Å². The van der Waals surface area contributed by atoms with Gasteiger partial charge in [0.1, 0.15) is 0 Å². The fraction of sp³-hybridized carbons (Fsp3) is 0.500. The summed E-state index contributed by atoms with van der Waals surface area (Å²) in [4.78, 5) is 22.4. The second-order valence-electron chi connectivity index (χ2n) is 5.91. The molecule has 1 fully saturated rings. The second-order valence-corrected chi connectivity index (χ2v) is 5.91. The average Bonchev–Trinajstić information content (AvgIpc) is 3.13. The van der Waals surface area contributed by atoms with Crippen LogP contribution in [0.25, 0.3) is 0 Å². The number of carboxylic acid groups (broad SMARTS) is 1. The average molecular weight is 273 g/mol. The summed E-state index contributed by atoms with van der Waals surface area (Å²) >= 11 is 0. The van der Waals surface area contributed by atoms with Crippen molar-refractivity contribution in [2.45, 2.75) is 25.7 Å². The van der Waals surface area contributed by atoms with E-state index in [4.69, 9.17) is 5.11 Å². The highest BCUT2D eigenvalue weighted by Crippen LogP contribution is 2.38. The normalized spacial score (nSPS) is 24.2. The van der Waals surface area contributed by atoms with Gasteiger partial charge in [0, 0.05) is 6.54 Å². The molecule has 2 atom stereocenters. The van der Waals surface area contributed by atoms with Crippen LogP contribution < -0.4 is 5.32 Å². The molecule has 106 valence electrons. The van der Waals surface area contributed by atoms with Crippen molar-refractivity contribution in [1.29, 1.82) is 0 Å². The Morgan fingerprint density at radius 2 is 1.80 bits per heavy atom. The number of carboxylic acids is 1. The highest BCUT2D eigenvalue weighted by molar-refractivity contribution is 5.89. The predicted octanol–water partition coefficient (Wildman–Crippen LogP) is 1.63. The third kappa shape index (κ3) is 2.69. The number of carbonyl (C=O) groups excluding carboxylic acids is 1. The van der Waals surface area contributed by atoms with Crippen LogP contribution in [0.3, 0.4) is 0 Å². The molecule has 1 aromatic carbocycles. The topological polar surface area (TPSA) is 66.4 Å². The van der Waals surface area contributed by atoms with Crippen molar-refractivity contribution >= 4 is 11.9 Å². The maximum atomic E-state index is 11.7. The summed E-state index contributed by atoms with van der Waals surface area (Å²) < 4.78 is 0. The number of nitrogens with one attached hydrogen (secondary N) is 1. The molecule has 0 unspecified atom stereocenters. The number of amides is 1. The Labute approximate surface area is 118 Å². The lowest BCUT2D eigenvalue weighted by Gasteiger charge is -2.09. The minimum atomic E-state index is -0.851. The molecule has 2 N–H and O–H groups in total. The fourth-order valence-corrected chi connectivity index (χ4v) is 3.14. The molecule has 0 spiro atoms. The van der Waals surface area contributed by atoms with Crippen LogP contribution in [0.2, 0.25) is 0 Å². The predicted molar refractivity (Wildman–Crippen MR) is 74.2 cm³/mol. The minimum absolute atomic E-state index is 0.0899. The van der Waals surface area contributed by atoms with Gasteiger partial charge in [-0.25, -0.2) is 0 Å². The van der Waals surface area contributed by atoms with Crippen LogP contribution in [0.1, 0.15) is 24.0 Å². The summed E-state index contributed by atoms with van der Waals surface area (Å²) in [6, 6.07) is 8.50. The van der Waals surface area contributed by atoms with Crippen molar-refractivity contribution in [2.75, 3.05) is 6.54 Å². The number of aliphatic carboxylic acids is 1. The molecule has 20 heavy (non-hydrogen) atoms. The van der Waals surface area contributed by atoms with Crippen LogP contribution in [0.15, 0.2) is 24.3 Å². The van der Waals surface area contributed by atoms with E-state index in [2.05, 4.69) is 29.6 Å². The van der Waals surface area contributed by atoms with Gasteiger partial charge in [-0.05, 0) is 42.7 Å². The molecule has 0 heterocycles. The number of hydrogen-bond donors (Lipinski definition) is 2. The Morgan fingerprint density at radius 1 is 1.15 bits per heavy atom. The van der Waals surface area contributed by atoms with Gasteiger partial charge in [-0.2, -0.15) is 0 Å². The highest BCUT2D eigenvalue weighted by atomic mass is 16.4. The second kappa shape index (κ2) is 5.27. The maximum absolute atomic E-state index is 11.7. The Bertz CT molecular complexity index is 515. The molecule has 0 aromatic heterocycles. The largest absolute Gasteiger partial charge is 0.481 e. The first kappa shape index (κ1) is 13.2. The number of benzene rings is 1. The first-order valence-corrected chi connectivity index (χ1v) is 7.22. The van der Waals surface area contributed by atoms with Crippen molar-refractivity contribution < 1.29 is 14.7 Å². The monoisotopic (exact) mass is 273 g/mol. The van der Waals surface area contributed by atoms with Crippen LogP contribution in [-0.2, 0) is 22.4 Å². The number of carbonyl (C=O) groups is 2. The minimum Gasteiger partial charge on any atom is -0.481 e. The third-order valence-corrected chi connectivity index (χ3v) is 4.43. The van der Waals surface area contributed by atoms with Gasteiger partial charge in [-0.1, -0.05) is 24.3 Å². The lowest BCUT2D eigenvalue weighted by Crippen LogP contribution is -2.28. The van der Waals surface area contributed by atoms with Gasteiger partial charge in [0.15, 0.2) is 0 Å². The maximum Gasteiger partial charge on any atom is 0.307 e. The lowest BCUT2D eigenvalue weighted by molar-refractivity contribution is -0.140. The zero-order valence-electron chi connectivity index (χ0n) is 11.3. The standard InChI is InChI=1S/C16H19NO3/c18-15(13-9-14(13)16(19)20)17-6-5-10-7-11-3-1-2-4-12(11)8-10/h1-4,10,13-14H,5-9H2,(H,17,18)(H,19,20)/t13-,14-/m1/s1. The lowest BCUT2D eigenvalue weighted by atomic mass is 10.0. The van der Waals surface area contributed by atoms with Gasteiger partial charge in [0.05, 0.1) is 11.8 Å². The van der Waals surface area contributed by atoms with Gasteiger partial charge in [0.25, 0.3) is 0 Å². The van der Waals surface area contributed by atoms with Gasteiger partial charge >= 0.3 is 5.97 Å². The molecule has 1 amide bonds. The van der Waals surface area contributed by atoms with Crippen LogP contribution >= 0.6 is 0 Å². The molecule has 0 bridgehead atoms. The van der Waals surface area contributed by atoms with E-state index >= 15 is 0 Å². The molecular weight excluding hydrogens is 254 g/mol. The Balaban J connectivity index is 1.40. The van der Waals surface area contributed by atoms with Crippen LogP contribution in [0.4, 0.5) is 0 Å². The molecule has 1 saturated carbocycles. The first-order valence-electron chi connectivity index (χ1n) is 7.22. The van der Waals surface area contributed by atoms with E-state index < -0.39 is 11.9 Å². The molecule has 0 saturated heterocycles. The summed E-state index contributed by atoms with van der Waals surface area (Å²) in [6.07, 6.45) is 3.64. The molecule has 3 rings (SSSR count). The zero-order valence-corrected chi connectivity index (χ0v) is 11.3.